The van der Waals surface area contributed by atoms with Gasteiger partial charge in [0.05, 0.1) is 11.7 Å². The number of aromatic nitrogens is 2. The van der Waals surface area contributed by atoms with Crippen molar-refractivity contribution >= 4 is 38.3 Å². The summed E-state index contributed by atoms with van der Waals surface area (Å²) in [6, 6.07) is 42.4. The van der Waals surface area contributed by atoms with Gasteiger partial charge < -0.3 is 14.9 Å². The molecule has 7 aliphatic carbocycles. The third-order valence-corrected chi connectivity index (χ3v) is 16.1. The molecule has 8 atom stereocenters. The third-order valence-electron chi connectivity index (χ3n) is 16.1. The van der Waals surface area contributed by atoms with Crippen molar-refractivity contribution in [2.75, 3.05) is 0 Å². The Balaban J connectivity index is 1.03. The average Bonchev–Trinajstić information content (AvgIpc) is 3.76. The van der Waals surface area contributed by atoms with E-state index in [2.05, 4.69) is 204 Å². The lowest BCUT2D eigenvalue weighted by Crippen LogP contribution is -2.23. The van der Waals surface area contributed by atoms with Gasteiger partial charge in [-0.1, -0.05) is 158 Å². The van der Waals surface area contributed by atoms with Gasteiger partial charge in [-0.05, 0) is 101 Å². The maximum atomic E-state index is 7.18. The van der Waals surface area contributed by atoms with E-state index in [0.29, 0.717) is 11.8 Å². The summed E-state index contributed by atoms with van der Waals surface area (Å²) >= 11 is 0. The van der Waals surface area contributed by atoms with Crippen molar-refractivity contribution in [3.8, 4) is 22.4 Å². The molecule has 0 amide bonds. The zero-order valence-corrected chi connectivity index (χ0v) is 34.8. The number of hydrogen-bond donors (Lipinski definition) is 1. The minimum absolute atomic E-state index is 0.0455. The Bertz CT molecular complexity index is 3380. The van der Waals surface area contributed by atoms with E-state index >= 15 is 0 Å². The summed E-state index contributed by atoms with van der Waals surface area (Å²) in [5, 5.41) is 4.06. The summed E-state index contributed by atoms with van der Waals surface area (Å²) in [4.78, 5) is 0. The van der Waals surface area contributed by atoms with Crippen molar-refractivity contribution in [1.82, 2.24) is 9.13 Å². The average molecular weight is 798 g/mol. The predicted molar refractivity (Wildman–Crippen MR) is 257 cm³/mol. The Labute approximate surface area is 362 Å². The molecule has 0 aliphatic heterocycles. The molecule has 8 unspecified atom stereocenters. The van der Waals surface area contributed by atoms with E-state index < -0.39 is 0 Å². The van der Waals surface area contributed by atoms with Gasteiger partial charge in [0.25, 0.3) is 0 Å². The van der Waals surface area contributed by atoms with E-state index in [-0.39, 0.29) is 35.3 Å². The monoisotopic (exact) mass is 797 g/mol. The summed E-state index contributed by atoms with van der Waals surface area (Å²) in [6.45, 7) is 2.51. The highest BCUT2D eigenvalue weighted by atomic mass is 15.0. The zero-order valence-electron chi connectivity index (χ0n) is 34.8. The first-order valence-electron chi connectivity index (χ1n) is 22.7. The van der Waals surface area contributed by atoms with E-state index in [9.17, 15) is 0 Å². The second-order valence-electron chi connectivity index (χ2n) is 18.9. The molecule has 2 N–H and O–H groups in total. The molecule has 298 valence electrons. The molecule has 0 bridgehead atoms. The predicted octanol–water partition coefficient (Wildman–Crippen LogP) is 14.2. The van der Waals surface area contributed by atoms with Crippen molar-refractivity contribution in [2.24, 2.45) is 23.0 Å². The van der Waals surface area contributed by atoms with Crippen LogP contribution in [0.5, 0.6) is 0 Å². The van der Waals surface area contributed by atoms with Gasteiger partial charge in [0.2, 0.25) is 0 Å². The molecule has 5 aromatic carbocycles. The molecule has 1 saturated carbocycles. The van der Waals surface area contributed by atoms with Crippen LogP contribution in [0.25, 0.3) is 60.7 Å². The van der Waals surface area contributed by atoms with Crippen LogP contribution in [0, 0.1) is 17.3 Å². The standard InChI is InChI=1S/C59H47N3/c1-35(61-53-27-14-24-44-39-18-6-5-17-38(39)42-22-13-23-43-40-19-7-8-21-45(40)58(61)56(54(42)43)55(44)53)46(34-48-50(60)30-32-59-31-12-11-25-49(59)57(48)59)36-28-29-52-47(33-36)41-20-9-10-26-51(41)62(52)37-15-3-2-4-16-37/h2-15,17-33,35,37,43,46,49,54,57H,16,34,60H2,1H3. The molecule has 62 heavy (non-hydrogen) atoms. The van der Waals surface area contributed by atoms with Gasteiger partial charge >= 0.3 is 0 Å². The molecule has 2 aromatic heterocycles. The zero-order chi connectivity index (χ0) is 40.8. The van der Waals surface area contributed by atoms with Crippen LogP contribution in [0.4, 0.5) is 0 Å². The number of hydrogen-bond acceptors (Lipinski definition) is 1. The molecular weight excluding hydrogens is 751 g/mol. The lowest BCUT2D eigenvalue weighted by molar-refractivity contribution is 0.443. The molecule has 0 saturated heterocycles. The van der Waals surface area contributed by atoms with Crippen molar-refractivity contribution in [1.29, 1.82) is 0 Å². The van der Waals surface area contributed by atoms with Crippen LogP contribution in [0.3, 0.4) is 0 Å². The normalized spacial score (nSPS) is 26.3. The number of nitrogens with two attached hydrogens (primary N) is 1. The van der Waals surface area contributed by atoms with Crippen molar-refractivity contribution in [2.45, 2.75) is 49.6 Å². The van der Waals surface area contributed by atoms with Crippen molar-refractivity contribution in [3.63, 3.8) is 0 Å². The Morgan fingerprint density at radius 2 is 1.50 bits per heavy atom. The van der Waals surface area contributed by atoms with E-state index in [0.717, 1.165) is 18.5 Å². The summed E-state index contributed by atoms with van der Waals surface area (Å²) in [6.07, 6.45) is 32.1. The maximum Gasteiger partial charge on any atom is 0.0560 e. The molecule has 3 heteroatoms. The number of allylic oxidation sites excluding steroid dienone is 15. The van der Waals surface area contributed by atoms with Crippen LogP contribution in [0.2, 0.25) is 0 Å². The van der Waals surface area contributed by atoms with E-state index in [4.69, 9.17) is 5.73 Å². The highest BCUT2D eigenvalue weighted by Gasteiger charge is 2.63. The minimum Gasteiger partial charge on any atom is -0.399 e. The molecule has 1 spiro atoms. The van der Waals surface area contributed by atoms with E-state index in [1.54, 1.807) is 0 Å². The smallest absolute Gasteiger partial charge is 0.0560 e. The fourth-order valence-electron chi connectivity index (χ4n) is 13.4. The van der Waals surface area contributed by atoms with E-state index in [1.165, 1.54) is 88.5 Å². The van der Waals surface area contributed by atoms with Gasteiger partial charge in [-0.2, -0.15) is 0 Å². The summed E-state index contributed by atoms with van der Waals surface area (Å²) in [5.41, 5.74) is 26.0. The lowest BCUT2D eigenvalue weighted by atomic mass is 9.67. The van der Waals surface area contributed by atoms with Crippen LogP contribution < -0.4 is 5.73 Å². The molecule has 14 rings (SSSR count). The fourth-order valence-corrected chi connectivity index (χ4v) is 13.4. The second-order valence-corrected chi connectivity index (χ2v) is 18.9. The van der Waals surface area contributed by atoms with Gasteiger partial charge in [-0.25, -0.2) is 0 Å². The van der Waals surface area contributed by atoms with Gasteiger partial charge in [0.1, 0.15) is 0 Å². The van der Waals surface area contributed by atoms with Crippen molar-refractivity contribution in [3.05, 3.63) is 222 Å². The van der Waals surface area contributed by atoms with Crippen LogP contribution in [-0.2, 0) is 0 Å². The Kier molecular flexibility index (Phi) is 7.08. The number of rotatable bonds is 6. The van der Waals surface area contributed by atoms with Crippen LogP contribution in [0.15, 0.2) is 199 Å². The summed E-state index contributed by atoms with van der Waals surface area (Å²) < 4.78 is 5.36. The van der Waals surface area contributed by atoms with Crippen molar-refractivity contribution < 1.29 is 0 Å². The third kappa shape index (κ3) is 4.51. The topological polar surface area (TPSA) is 35.9 Å². The summed E-state index contributed by atoms with van der Waals surface area (Å²) in [7, 11) is 0. The summed E-state index contributed by atoms with van der Waals surface area (Å²) in [5.74, 6) is 1.48. The molecule has 2 heterocycles. The first kappa shape index (κ1) is 34.8. The molecule has 0 radical (unpaired) electrons. The Morgan fingerprint density at radius 1 is 0.710 bits per heavy atom. The molecular formula is C59H47N3. The number of benzene rings is 5. The first-order valence-corrected chi connectivity index (χ1v) is 22.7. The maximum absolute atomic E-state index is 7.18. The highest BCUT2D eigenvalue weighted by molar-refractivity contribution is 6.10. The first-order chi connectivity index (χ1) is 30.6. The molecule has 7 aromatic rings. The SMILES string of the molecule is CC(C(CC1=C(N)C=CC23C=CC=CC2C13)c1ccc2c(c1)c1ccccc1n2C1C=CC=CC1)n1c2c3c4c(cccc41)-c1ccccc1C1=CC=CC(c4ccccc4-2)C13. The van der Waals surface area contributed by atoms with Crippen LogP contribution >= 0.6 is 0 Å². The van der Waals surface area contributed by atoms with Gasteiger partial charge in [-0.3, -0.25) is 0 Å². The van der Waals surface area contributed by atoms with Gasteiger partial charge in [0, 0.05) is 79.1 Å². The minimum atomic E-state index is 0.0455. The van der Waals surface area contributed by atoms with Crippen LogP contribution in [0.1, 0.15) is 71.9 Å². The second kappa shape index (κ2) is 12.6. The molecule has 1 fully saturated rings. The highest BCUT2D eigenvalue weighted by Crippen LogP contribution is 2.69. The lowest BCUT2D eigenvalue weighted by Gasteiger charge is -2.38. The van der Waals surface area contributed by atoms with Gasteiger partial charge in [0.15, 0.2) is 0 Å². The quantitative estimate of drug-likeness (QED) is 0.179. The fraction of sp³-hybridized carbons (Fsp3) is 0.186. The van der Waals surface area contributed by atoms with Gasteiger partial charge in [-0.15, -0.1) is 0 Å². The Morgan fingerprint density at radius 3 is 2.40 bits per heavy atom. The number of nitrogens with zero attached hydrogens (tertiary/aromatic N) is 2. The number of para-hydroxylation sites is 1. The Hall–Kier alpha value is -6.84. The number of fused-ring (bicyclic) bond motifs is 10. The molecule has 3 nitrogen and oxygen atoms in total. The molecule has 7 aliphatic rings. The van der Waals surface area contributed by atoms with E-state index in [1.807, 2.05) is 0 Å². The van der Waals surface area contributed by atoms with Crippen LogP contribution in [-0.4, -0.2) is 9.13 Å². The largest absolute Gasteiger partial charge is 0.399 e.